The molecule has 1 fully saturated rings. The highest BCUT2D eigenvalue weighted by atomic mass is 16.4. The number of aliphatic carboxylic acids is 1. The highest BCUT2D eigenvalue weighted by Gasteiger charge is 2.29. The summed E-state index contributed by atoms with van der Waals surface area (Å²) < 4.78 is 1.56. The van der Waals surface area contributed by atoms with Crippen molar-refractivity contribution in [2.75, 3.05) is 0 Å². The zero-order valence-electron chi connectivity index (χ0n) is 11.9. The summed E-state index contributed by atoms with van der Waals surface area (Å²) in [7, 11) is 0. The zero-order valence-corrected chi connectivity index (χ0v) is 11.9. The second-order valence-corrected chi connectivity index (χ2v) is 5.66. The molecule has 0 radical (unpaired) electrons. The maximum absolute atomic E-state index is 11.5. The standard InChI is InChI=1S/C15H20N4O2/c20-15(21)14(11-5-2-1-3-6-11)16-9-12-10-18-19-13(12)7-4-8-17-19/h4,7-8,10-11,14,16H,1-3,5-6,9H2,(H,20,21). The Morgan fingerprint density at radius 3 is 2.95 bits per heavy atom. The van der Waals surface area contributed by atoms with Gasteiger partial charge in [-0.15, -0.1) is 0 Å². The summed E-state index contributed by atoms with van der Waals surface area (Å²) in [5.74, 6) is -0.521. The Kier molecular flexibility index (Phi) is 4.15. The molecule has 2 aromatic heterocycles. The Hall–Kier alpha value is -1.95. The van der Waals surface area contributed by atoms with Gasteiger partial charge in [-0.3, -0.25) is 10.1 Å². The summed E-state index contributed by atoms with van der Waals surface area (Å²) in [5, 5.41) is 21.0. The van der Waals surface area contributed by atoms with Crippen molar-refractivity contribution in [3.8, 4) is 0 Å². The van der Waals surface area contributed by atoms with Crippen molar-refractivity contribution in [2.45, 2.75) is 44.7 Å². The SMILES string of the molecule is O=C(O)C(NCc1cnn2ncccc12)C1CCCCC1. The van der Waals surface area contributed by atoms with Crippen LogP contribution in [-0.2, 0) is 11.3 Å². The molecule has 6 nitrogen and oxygen atoms in total. The van der Waals surface area contributed by atoms with E-state index in [1.807, 2.05) is 12.1 Å². The first kappa shape index (κ1) is 14.0. The summed E-state index contributed by atoms with van der Waals surface area (Å²) in [6.45, 7) is 0.503. The molecular formula is C15H20N4O2. The van der Waals surface area contributed by atoms with Crippen LogP contribution in [0.25, 0.3) is 5.52 Å². The van der Waals surface area contributed by atoms with Crippen molar-refractivity contribution in [3.63, 3.8) is 0 Å². The van der Waals surface area contributed by atoms with Crippen LogP contribution in [0.5, 0.6) is 0 Å². The average Bonchev–Trinajstić information content (AvgIpc) is 2.92. The molecule has 0 amide bonds. The highest BCUT2D eigenvalue weighted by molar-refractivity contribution is 5.74. The predicted molar refractivity (Wildman–Crippen MR) is 77.8 cm³/mol. The van der Waals surface area contributed by atoms with Gasteiger partial charge in [0, 0.05) is 18.3 Å². The summed E-state index contributed by atoms with van der Waals surface area (Å²) in [4.78, 5) is 11.5. The minimum absolute atomic E-state index is 0.233. The summed E-state index contributed by atoms with van der Waals surface area (Å²) >= 11 is 0. The lowest BCUT2D eigenvalue weighted by Gasteiger charge is -2.28. The van der Waals surface area contributed by atoms with E-state index in [2.05, 4.69) is 15.5 Å². The molecule has 0 bridgehead atoms. The molecule has 1 saturated carbocycles. The van der Waals surface area contributed by atoms with Crippen LogP contribution in [0.2, 0.25) is 0 Å². The summed E-state index contributed by atoms with van der Waals surface area (Å²) in [6.07, 6.45) is 8.92. The van der Waals surface area contributed by atoms with E-state index in [-0.39, 0.29) is 5.92 Å². The van der Waals surface area contributed by atoms with Crippen LogP contribution in [0.1, 0.15) is 37.7 Å². The Balaban J connectivity index is 1.70. The number of carboxylic acid groups (broad SMARTS) is 1. The third-order valence-corrected chi connectivity index (χ3v) is 4.28. The van der Waals surface area contributed by atoms with Crippen LogP contribution < -0.4 is 5.32 Å². The van der Waals surface area contributed by atoms with Gasteiger partial charge in [-0.05, 0) is 30.9 Å². The molecule has 3 rings (SSSR count). The second kappa shape index (κ2) is 6.22. The van der Waals surface area contributed by atoms with Gasteiger partial charge in [0.2, 0.25) is 0 Å². The first-order chi connectivity index (χ1) is 10.3. The Morgan fingerprint density at radius 2 is 2.19 bits per heavy atom. The lowest BCUT2D eigenvalue weighted by Crippen LogP contribution is -2.43. The van der Waals surface area contributed by atoms with E-state index in [1.54, 1.807) is 17.0 Å². The number of carbonyl (C=O) groups is 1. The van der Waals surface area contributed by atoms with Gasteiger partial charge in [0.1, 0.15) is 6.04 Å². The van der Waals surface area contributed by atoms with E-state index >= 15 is 0 Å². The molecule has 1 aliphatic carbocycles. The molecule has 2 aromatic rings. The lowest BCUT2D eigenvalue weighted by molar-refractivity contribution is -0.141. The molecule has 6 heteroatoms. The van der Waals surface area contributed by atoms with Crippen molar-refractivity contribution in [1.29, 1.82) is 0 Å². The molecule has 1 aliphatic rings. The fraction of sp³-hybridized carbons (Fsp3) is 0.533. The number of rotatable bonds is 5. The van der Waals surface area contributed by atoms with Gasteiger partial charge in [0.05, 0.1) is 11.7 Å². The fourth-order valence-electron chi connectivity index (χ4n) is 3.16. The first-order valence-electron chi connectivity index (χ1n) is 7.50. The van der Waals surface area contributed by atoms with Gasteiger partial charge in [0.15, 0.2) is 0 Å². The van der Waals surface area contributed by atoms with Gasteiger partial charge in [0.25, 0.3) is 0 Å². The molecular weight excluding hydrogens is 268 g/mol. The van der Waals surface area contributed by atoms with E-state index in [0.29, 0.717) is 6.54 Å². The van der Waals surface area contributed by atoms with Crippen LogP contribution in [-0.4, -0.2) is 31.9 Å². The minimum Gasteiger partial charge on any atom is -0.480 e. The molecule has 21 heavy (non-hydrogen) atoms. The summed E-state index contributed by atoms with van der Waals surface area (Å²) in [6, 6.07) is 3.32. The van der Waals surface area contributed by atoms with Crippen molar-refractivity contribution in [3.05, 3.63) is 30.1 Å². The molecule has 1 atom stereocenters. The number of hydrogen-bond donors (Lipinski definition) is 2. The fourth-order valence-corrected chi connectivity index (χ4v) is 3.16. The molecule has 1 unspecified atom stereocenters. The van der Waals surface area contributed by atoms with Crippen molar-refractivity contribution in [1.82, 2.24) is 20.1 Å². The van der Waals surface area contributed by atoms with Crippen molar-refractivity contribution in [2.24, 2.45) is 5.92 Å². The first-order valence-corrected chi connectivity index (χ1v) is 7.50. The number of hydrogen-bond acceptors (Lipinski definition) is 4. The molecule has 2 heterocycles. The maximum atomic E-state index is 11.5. The monoisotopic (exact) mass is 288 g/mol. The quantitative estimate of drug-likeness (QED) is 0.877. The Bertz CT molecular complexity index is 619. The highest BCUT2D eigenvalue weighted by Crippen LogP contribution is 2.27. The van der Waals surface area contributed by atoms with Crippen LogP contribution in [0.4, 0.5) is 0 Å². The lowest BCUT2D eigenvalue weighted by atomic mass is 9.84. The maximum Gasteiger partial charge on any atom is 0.320 e. The van der Waals surface area contributed by atoms with Crippen LogP contribution in [0, 0.1) is 5.92 Å². The van der Waals surface area contributed by atoms with Gasteiger partial charge < -0.3 is 5.11 Å². The predicted octanol–water partition coefficient (Wildman–Crippen LogP) is 1.85. The minimum atomic E-state index is -0.753. The molecule has 0 aromatic carbocycles. The number of aromatic nitrogens is 3. The number of fused-ring (bicyclic) bond motifs is 1. The van der Waals surface area contributed by atoms with Gasteiger partial charge >= 0.3 is 5.97 Å². The van der Waals surface area contributed by atoms with Gasteiger partial charge in [-0.2, -0.15) is 14.8 Å². The average molecular weight is 288 g/mol. The van der Waals surface area contributed by atoms with E-state index in [0.717, 1.165) is 36.8 Å². The number of carboxylic acids is 1. The topological polar surface area (TPSA) is 79.5 Å². The van der Waals surface area contributed by atoms with E-state index in [4.69, 9.17) is 0 Å². The van der Waals surface area contributed by atoms with Crippen LogP contribution >= 0.6 is 0 Å². The van der Waals surface area contributed by atoms with E-state index in [9.17, 15) is 9.90 Å². The summed E-state index contributed by atoms with van der Waals surface area (Å²) in [5.41, 5.74) is 1.89. The molecule has 0 aliphatic heterocycles. The second-order valence-electron chi connectivity index (χ2n) is 5.66. The third kappa shape index (κ3) is 3.05. The van der Waals surface area contributed by atoms with Gasteiger partial charge in [-0.1, -0.05) is 19.3 Å². The molecule has 112 valence electrons. The van der Waals surface area contributed by atoms with Crippen LogP contribution in [0.3, 0.4) is 0 Å². The smallest absolute Gasteiger partial charge is 0.320 e. The Labute approximate surface area is 123 Å². The van der Waals surface area contributed by atoms with Gasteiger partial charge in [-0.25, -0.2) is 0 Å². The van der Waals surface area contributed by atoms with E-state index in [1.165, 1.54) is 6.42 Å². The molecule has 0 spiro atoms. The normalized spacial score (nSPS) is 17.9. The van der Waals surface area contributed by atoms with Crippen molar-refractivity contribution >= 4 is 11.5 Å². The van der Waals surface area contributed by atoms with Crippen molar-refractivity contribution < 1.29 is 9.90 Å². The third-order valence-electron chi connectivity index (χ3n) is 4.28. The zero-order chi connectivity index (χ0) is 14.7. The Morgan fingerprint density at radius 1 is 1.38 bits per heavy atom. The van der Waals surface area contributed by atoms with E-state index < -0.39 is 12.0 Å². The number of nitrogens with zero attached hydrogens (tertiary/aromatic N) is 3. The van der Waals surface area contributed by atoms with Crippen LogP contribution in [0.15, 0.2) is 24.5 Å². The molecule has 2 N–H and O–H groups in total. The molecule has 0 saturated heterocycles. The number of nitrogens with one attached hydrogen (secondary N) is 1. The largest absolute Gasteiger partial charge is 0.480 e.